The largest absolute Gasteiger partial charge is 0.487 e. The Balaban J connectivity index is 1.35. The summed E-state index contributed by atoms with van der Waals surface area (Å²) < 4.78 is 5.27. The molecule has 9 nitrogen and oxygen atoms in total. The molecule has 0 aliphatic carbocycles. The SMILES string of the molecule is CCOc1ccc(C(=O)Nc2ccc(N3CCN(C(=O)c4ccc(C)cc4)CC3)cc2)cc1[N+](=O)[O-]. The normalized spacial score (nSPS) is 13.3. The fraction of sp³-hybridized carbons (Fsp3) is 0.259. The predicted octanol–water partition coefficient (Wildman–Crippen LogP) is 4.52. The maximum Gasteiger partial charge on any atom is 0.311 e. The second-order valence-electron chi connectivity index (χ2n) is 8.52. The third-order valence-corrected chi connectivity index (χ3v) is 6.07. The molecule has 9 heteroatoms. The zero-order valence-electron chi connectivity index (χ0n) is 20.3. The molecule has 1 aliphatic rings. The highest BCUT2D eigenvalue weighted by atomic mass is 16.6. The number of hydrogen-bond donors (Lipinski definition) is 1. The molecule has 0 aromatic heterocycles. The Hall–Kier alpha value is -4.40. The van der Waals surface area contributed by atoms with E-state index < -0.39 is 10.8 Å². The molecule has 186 valence electrons. The van der Waals surface area contributed by atoms with Crippen molar-refractivity contribution in [3.8, 4) is 5.75 Å². The molecule has 2 amide bonds. The monoisotopic (exact) mass is 488 g/mol. The van der Waals surface area contributed by atoms with Crippen LogP contribution >= 0.6 is 0 Å². The number of nitrogens with one attached hydrogen (secondary N) is 1. The number of piperazine rings is 1. The Labute approximate surface area is 209 Å². The Morgan fingerprint density at radius 1 is 0.944 bits per heavy atom. The average molecular weight is 489 g/mol. The Morgan fingerprint density at radius 2 is 1.58 bits per heavy atom. The summed E-state index contributed by atoms with van der Waals surface area (Å²) in [5.41, 5.74) is 3.31. The minimum Gasteiger partial charge on any atom is -0.487 e. The van der Waals surface area contributed by atoms with E-state index in [9.17, 15) is 19.7 Å². The number of amides is 2. The minimum absolute atomic E-state index is 0.0437. The molecule has 0 saturated carbocycles. The van der Waals surface area contributed by atoms with Crippen LogP contribution in [0.15, 0.2) is 66.7 Å². The third-order valence-electron chi connectivity index (χ3n) is 6.07. The van der Waals surface area contributed by atoms with Crippen LogP contribution < -0.4 is 15.0 Å². The van der Waals surface area contributed by atoms with Gasteiger partial charge in [-0.05, 0) is 62.4 Å². The van der Waals surface area contributed by atoms with Crippen LogP contribution in [0, 0.1) is 17.0 Å². The highest BCUT2D eigenvalue weighted by molar-refractivity contribution is 6.05. The fourth-order valence-electron chi connectivity index (χ4n) is 4.08. The molecule has 0 bridgehead atoms. The smallest absolute Gasteiger partial charge is 0.311 e. The summed E-state index contributed by atoms with van der Waals surface area (Å²) >= 11 is 0. The number of rotatable bonds is 7. The first-order valence-electron chi connectivity index (χ1n) is 11.8. The molecule has 0 radical (unpaired) electrons. The number of benzene rings is 3. The summed E-state index contributed by atoms with van der Waals surface area (Å²) in [5, 5.41) is 14.1. The summed E-state index contributed by atoms with van der Waals surface area (Å²) in [5.74, 6) is -0.275. The topological polar surface area (TPSA) is 105 Å². The van der Waals surface area contributed by atoms with E-state index in [1.54, 1.807) is 19.1 Å². The van der Waals surface area contributed by atoms with Crippen LogP contribution in [0.25, 0.3) is 0 Å². The van der Waals surface area contributed by atoms with Gasteiger partial charge in [0.2, 0.25) is 0 Å². The molecule has 0 spiro atoms. The van der Waals surface area contributed by atoms with Crippen molar-refractivity contribution in [2.24, 2.45) is 0 Å². The maximum atomic E-state index is 12.8. The van der Waals surface area contributed by atoms with Crippen molar-refractivity contribution < 1.29 is 19.2 Å². The third kappa shape index (κ3) is 5.63. The van der Waals surface area contributed by atoms with Crippen LogP contribution in [0.4, 0.5) is 17.1 Å². The van der Waals surface area contributed by atoms with Gasteiger partial charge in [0.1, 0.15) is 0 Å². The number of carbonyl (C=O) groups excluding carboxylic acids is 2. The molecule has 3 aromatic carbocycles. The molecule has 1 saturated heterocycles. The Bertz CT molecular complexity index is 1250. The van der Waals surface area contributed by atoms with E-state index >= 15 is 0 Å². The van der Waals surface area contributed by atoms with Gasteiger partial charge in [-0.3, -0.25) is 19.7 Å². The zero-order chi connectivity index (χ0) is 25.7. The van der Waals surface area contributed by atoms with Crippen molar-refractivity contribution in [1.29, 1.82) is 0 Å². The number of carbonyl (C=O) groups is 2. The van der Waals surface area contributed by atoms with Crippen LogP contribution in [-0.4, -0.2) is 54.4 Å². The molecule has 0 unspecified atom stereocenters. The second-order valence-corrected chi connectivity index (χ2v) is 8.52. The van der Waals surface area contributed by atoms with E-state index in [2.05, 4.69) is 10.2 Å². The van der Waals surface area contributed by atoms with Crippen molar-refractivity contribution >= 4 is 28.9 Å². The van der Waals surface area contributed by atoms with Crippen molar-refractivity contribution in [2.45, 2.75) is 13.8 Å². The van der Waals surface area contributed by atoms with Gasteiger partial charge in [-0.2, -0.15) is 0 Å². The molecular formula is C27H28N4O5. The molecule has 1 heterocycles. The lowest BCUT2D eigenvalue weighted by Crippen LogP contribution is -2.48. The van der Waals surface area contributed by atoms with E-state index in [-0.39, 0.29) is 29.5 Å². The van der Waals surface area contributed by atoms with E-state index in [1.807, 2.05) is 48.2 Å². The van der Waals surface area contributed by atoms with Crippen molar-refractivity contribution in [2.75, 3.05) is 43.0 Å². The first-order valence-corrected chi connectivity index (χ1v) is 11.8. The molecular weight excluding hydrogens is 460 g/mol. The number of nitro groups is 1. The van der Waals surface area contributed by atoms with Crippen LogP contribution in [0.2, 0.25) is 0 Å². The van der Waals surface area contributed by atoms with Gasteiger partial charge in [0.05, 0.1) is 11.5 Å². The molecule has 1 aliphatic heterocycles. The van der Waals surface area contributed by atoms with Gasteiger partial charge < -0.3 is 19.9 Å². The zero-order valence-corrected chi connectivity index (χ0v) is 20.3. The first kappa shape index (κ1) is 24.7. The maximum absolute atomic E-state index is 12.8. The van der Waals surface area contributed by atoms with Gasteiger partial charge >= 0.3 is 5.69 Å². The quantitative estimate of drug-likeness (QED) is 0.387. The number of nitrogens with zero attached hydrogens (tertiary/aromatic N) is 3. The van der Waals surface area contributed by atoms with Crippen LogP contribution in [-0.2, 0) is 0 Å². The average Bonchev–Trinajstić information content (AvgIpc) is 2.89. The van der Waals surface area contributed by atoms with Gasteiger partial charge in [0.25, 0.3) is 11.8 Å². The molecule has 36 heavy (non-hydrogen) atoms. The number of hydrogen-bond acceptors (Lipinski definition) is 6. The first-order chi connectivity index (χ1) is 17.4. The van der Waals surface area contributed by atoms with Crippen molar-refractivity contribution in [1.82, 2.24) is 4.90 Å². The number of nitro benzene ring substituents is 1. The number of ether oxygens (including phenoxy) is 1. The van der Waals surface area contributed by atoms with Crippen LogP contribution in [0.5, 0.6) is 5.75 Å². The summed E-state index contributed by atoms with van der Waals surface area (Å²) in [4.78, 5) is 40.2. The lowest BCUT2D eigenvalue weighted by molar-refractivity contribution is -0.385. The van der Waals surface area contributed by atoms with Crippen molar-refractivity contribution in [3.05, 3.63) is 93.5 Å². The molecule has 3 aromatic rings. The lowest BCUT2D eigenvalue weighted by Gasteiger charge is -2.36. The van der Waals surface area contributed by atoms with Gasteiger partial charge in [0, 0.05) is 54.7 Å². The van der Waals surface area contributed by atoms with Gasteiger partial charge in [-0.15, -0.1) is 0 Å². The van der Waals surface area contributed by atoms with Crippen LogP contribution in [0.3, 0.4) is 0 Å². The second kappa shape index (κ2) is 10.9. The van der Waals surface area contributed by atoms with Crippen LogP contribution in [0.1, 0.15) is 33.2 Å². The van der Waals surface area contributed by atoms with E-state index in [4.69, 9.17) is 4.74 Å². The molecule has 1 fully saturated rings. The summed E-state index contributed by atoms with van der Waals surface area (Å²) in [6, 6.07) is 19.2. The van der Waals surface area contributed by atoms with Gasteiger partial charge in [-0.1, -0.05) is 17.7 Å². The Morgan fingerprint density at radius 3 is 2.19 bits per heavy atom. The predicted molar refractivity (Wildman–Crippen MR) is 138 cm³/mol. The van der Waals surface area contributed by atoms with E-state index in [1.165, 1.54) is 18.2 Å². The fourth-order valence-corrected chi connectivity index (χ4v) is 4.08. The van der Waals surface area contributed by atoms with Gasteiger partial charge in [-0.25, -0.2) is 0 Å². The summed E-state index contributed by atoms with van der Waals surface area (Å²) in [6.45, 7) is 6.69. The molecule has 4 rings (SSSR count). The number of anilines is 2. The molecule has 1 N–H and O–H groups in total. The summed E-state index contributed by atoms with van der Waals surface area (Å²) in [7, 11) is 0. The van der Waals surface area contributed by atoms with E-state index in [0.717, 1.165) is 11.3 Å². The standard InChI is InChI=1S/C27H28N4O5/c1-3-36-25-13-8-21(18-24(25)31(34)35)26(32)28-22-9-11-23(12-10-22)29-14-16-30(17-15-29)27(33)20-6-4-19(2)5-7-20/h4-13,18H,3,14-17H2,1-2H3,(H,28,32). The number of aryl methyl sites for hydroxylation is 1. The summed E-state index contributed by atoms with van der Waals surface area (Å²) in [6.07, 6.45) is 0. The van der Waals surface area contributed by atoms with E-state index in [0.29, 0.717) is 37.4 Å². The molecule has 0 atom stereocenters. The minimum atomic E-state index is -0.565. The van der Waals surface area contributed by atoms with Crippen molar-refractivity contribution in [3.63, 3.8) is 0 Å². The lowest BCUT2D eigenvalue weighted by atomic mass is 10.1. The highest BCUT2D eigenvalue weighted by Gasteiger charge is 2.23. The van der Waals surface area contributed by atoms with Gasteiger partial charge in [0.15, 0.2) is 5.75 Å². The Kier molecular flexibility index (Phi) is 7.48. The highest BCUT2D eigenvalue weighted by Crippen LogP contribution is 2.28.